The zero-order valence-corrected chi connectivity index (χ0v) is 17.7. The zero-order valence-electron chi connectivity index (χ0n) is 17.7. The number of hydrogen-bond donors (Lipinski definition) is 4. The maximum atomic E-state index is 14.0. The first-order valence-electron chi connectivity index (χ1n) is 10.5. The molecule has 0 aliphatic carbocycles. The molecule has 1 aliphatic heterocycles. The third kappa shape index (κ3) is 3.55. The molecule has 0 saturated carbocycles. The van der Waals surface area contributed by atoms with E-state index in [1.165, 1.54) is 18.2 Å². The number of aryl methyl sites for hydroxylation is 1. The van der Waals surface area contributed by atoms with Crippen LogP contribution in [-0.4, -0.2) is 37.0 Å². The largest absolute Gasteiger partial charge is 0.488 e. The molecule has 0 radical (unpaired) electrons. The number of fused-ring (bicyclic) bond motifs is 3. The minimum Gasteiger partial charge on any atom is -0.488 e. The van der Waals surface area contributed by atoms with Crippen molar-refractivity contribution < 1.29 is 22.3 Å². The monoisotopic (exact) mass is 485 g/mol. The molecule has 0 atom stereocenters. The van der Waals surface area contributed by atoms with Gasteiger partial charge in [-0.15, -0.1) is 0 Å². The van der Waals surface area contributed by atoms with E-state index < -0.39 is 23.1 Å². The normalized spacial score (nSPS) is 13.7. The Morgan fingerprint density at radius 3 is 2.69 bits per heavy atom. The molecule has 1 aliphatic rings. The number of benzene rings is 2. The van der Waals surface area contributed by atoms with Crippen LogP contribution in [0.2, 0.25) is 0 Å². The quantitative estimate of drug-likeness (QED) is 0.281. The molecule has 0 saturated heterocycles. The fourth-order valence-corrected chi connectivity index (χ4v) is 4.13. The smallest absolute Gasteiger partial charge is 0.417 e. The van der Waals surface area contributed by atoms with Gasteiger partial charge in [0.1, 0.15) is 5.82 Å². The summed E-state index contributed by atoms with van der Waals surface area (Å²) in [4.78, 5) is 20.8. The third-order valence-corrected chi connectivity index (χ3v) is 5.76. The Bertz CT molecular complexity index is 1670. The average Bonchev–Trinajstić information content (AvgIpc) is 3.40. The van der Waals surface area contributed by atoms with E-state index in [2.05, 4.69) is 35.7 Å². The van der Waals surface area contributed by atoms with Crippen LogP contribution in [0.3, 0.4) is 0 Å². The van der Waals surface area contributed by atoms with Crippen molar-refractivity contribution in [1.82, 2.24) is 30.4 Å². The van der Waals surface area contributed by atoms with Crippen molar-refractivity contribution in [3.8, 4) is 17.1 Å². The lowest BCUT2D eigenvalue weighted by Crippen LogP contribution is -2.15. The Labute approximate surface area is 192 Å². The summed E-state index contributed by atoms with van der Waals surface area (Å²) in [5.41, 5.74) is -0.963. The molecule has 0 spiro atoms. The third-order valence-electron chi connectivity index (χ3n) is 5.76. The van der Waals surface area contributed by atoms with Gasteiger partial charge >= 0.3 is 6.18 Å². The first kappa shape index (κ1) is 21.1. The summed E-state index contributed by atoms with van der Waals surface area (Å²) in [7, 11) is 0. The van der Waals surface area contributed by atoms with Gasteiger partial charge in [-0.1, -0.05) is 0 Å². The van der Waals surface area contributed by atoms with E-state index in [1.54, 1.807) is 0 Å². The van der Waals surface area contributed by atoms with Gasteiger partial charge in [0.05, 0.1) is 34.3 Å². The molecule has 2 aromatic carbocycles. The maximum Gasteiger partial charge on any atom is 0.417 e. The van der Waals surface area contributed by atoms with Crippen LogP contribution < -0.4 is 15.6 Å². The fraction of sp³-hybridized carbons (Fsp3) is 0.182. The Hall–Kier alpha value is -4.42. The van der Waals surface area contributed by atoms with Gasteiger partial charge in [0.25, 0.3) is 5.56 Å². The van der Waals surface area contributed by atoms with Gasteiger partial charge in [0.15, 0.2) is 23.2 Å². The highest BCUT2D eigenvalue weighted by Crippen LogP contribution is 2.41. The zero-order chi connectivity index (χ0) is 24.3. The topological polar surface area (TPSA) is 124 Å². The Balaban J connectivity index is 1.56. The number of halogens is 4. The van der Waals surface area contributed by atoms with E-state index in [0.29, 0.717) is 36.0 Å². The second kappa shape index (κ2) is 7.55. The summed E-state index contributed by atoms with van der Waals surface area (Å²) < 4.78 is 61.5. The molecule has 178 valence electrons. The van der Waals surface area contributed by atoms with Gasteiger partial charge in [-0.05, 0) is 43.2 Å². The van der Waals surface area contributed by atoms with Gasteiger partial charge in [-0.3, -0.25) is 20.1 Å². The first-order valence-corrected chi connectivity index (χ1v) is 10.5. The molecule has 3 aromatic heterocycles. The highest BCUT2D eigenvalue weighted by Gasteiger charge is 2.36. The number of rotatable bonds is 3. The van der Waals surface area contributed by atoms with Crippen molar-refractivity contribution in [1.29, 1.82) is 0 Å². The number of nitrogens with zero attached hydrogens (tertiary/aromatic N) is 3. The molecule has 6 rings (SSSR count). The molecule has 0 fully saturated rings. The Morgan fingerprint density at radius 2 is 1.86 bits per heavy atom. The van der Waals surface area contributed by atoms with Gasteiger partial charge in [-0.25, -0.2) is 14.4 Å². The van der Waals surface area contributed by atoms with Gasteiger partial charge in [0.2, 0.25) is 0 Å². The molecule has 5 aromatic rings. The van der Waals surface area contributed by atoms with Crippen molar-refractivity contribution in [3.63, 3.8) is 0 Å². The number of aromatic nitrogens is 6. The van der Waals surface area contributed by atoms with Crippen molar-refractivity contribution in [2.24, 2.45) is 0 Å². The summed E-state index contributed by atoms with van der Waals surface area (Å²) in [6, 6.07) is 6.01. The summed E-state index contributed by atoms with van der Waals surface area (Å²) in [5, 5.41) is 15.0. The van der Waals surface area contributed by atoms with E-state index in [1.807, 2.05) is 0 Å². The van der Waals surface area contributed by atoms with E-state index in [0.717, 1.165) is 12.1 Å². The molecule has 4 heterocycles. The molecular formula is C22H15F4N7O2. The van der Waals surface area contributed by atoms with E-state index in [9.17, 15) is 22.4 Å². The van der Waals surface area contributed by atoms with Gasteiger partial charge in [0, 0.05) is 10.9 Å². The van der Waals surface area contributed by atoms with Crippen molar-refractivity contribution in [2.45, 2.75) is 19.0 Å². The van der Waals surface area contributed by atoms with E-state index >= 15 is 0 Å². The van der Waals surface area contributed by atoms with Crippen LogP contribution in [0.1, 0.15) is 17.7 Å². The van der Waals surface area contributed by atoms with Crippen LogP contribution in [0.4, 0.5) is 29.2 Å². The number of aromatic amines is 3. The summed E-state index contributed by atoms with van der Waals surface area (Å²) in [6.45, 7) is 0.374. The second-order valence-corrected chi connectivity index (χ2v) is 8.03. The molecule has 35 heavy (non-hydrogen) atoms. The molecule has 0 bridgehead atoms. The SMILES string of the molecule is O=c1[nH][nH]c2cc(C(F)(F)F)c(-c3nc4c(c(Nc5n[nH]c6ccc(F)cc56)n3)OCCC4)cc12. The number of hydrogen-bond acceptors (Lipinski definition) is 6. The lowest BCUT2D eigenvalue weighted by Gasteiger charge is -2.21. The maximum absolute atomic E-state index is 14.0. The number of anilines is 2. The predicted molar refractivity (Wildman–Crippen MR) is 118 cm³/mol. The van der Waals surface area contributed by atoms with Crippen LogP contribution >= 0.6 is 0 Å². The van der Waals surface area contributed by atoms with Crippen molar-refractivity contribution in [2.75, 3.05) is 11.9 Å². The standard InChI is InChI=1S/C22H15F4N7O2/c23-9-3-4-14-11(6-9)19(32-30-14)29-20-17-15(2-1-5-35-17)27-18(28-20)10-7-12-16(31-33-21(12)34)8-13(10)22(24,25)26/h3-4,6-8H,1-2,5H2,(H2,31,33,34)(H2,27,28,29,30,32). The van der Waals surface area contributed by atoms with Gasteiger partial charge < -0.3 is 10.1 Å². The second-order valence-electron chi connectivity index (χ2n) is 8.03. The number of ether oxygens (including phenoxy) is 1. The van der Waals surface area contributed by atoms with Crippen molar-refractivity contribution >= 4 is 33.4 Å². The lowest BCUT2D eigenvalue weighted by atomic mass is 10.0. The highest BCUT2D eigenvalue weighted by molar-refractivity contribution is 5.92. The van der Waals surface area contributed by atoms with Crippen molar-refractivity contribution in [3.05, 3.63) is 57.8 Å². The van der Waals surface area contributed by atoms with Crippen LogP contribution in [-0.2, 0) is 12.6 Å². The number of alkyl halides is 3. The first-order chi connectivity index (χ1) is 16.8. The van der Waals surface area contributed by atoms with E-state index in [4.69, 9.17) is 4.74 Å². The minimum atomic E-state index is -4.74. The number of nitrogens with one attached hydrogen (secondary N) is 4. The molecule has 4 N–H and O–H groups in total. The summed E-state index contributed by atoms with van der Waals surface area (Å²) in [6.07, 6.45) is -3.68. The minimum absolute atomic E-state index is 0.00994. The molecule has 0 amide bonds. The van der Waals surface area contributed by atoms with Crippen LogP contribution in [0.15, 0.2) is 35.1 Å². The molecule has 0 unspecified atom stereocenters. The summed E-state index contributed by atoms with van der Waals surface area (Å²) in [5.74, 6) is -0.143. The van der Waals surface area contributed by atoms with Crippen LogP contribution in [0.25, 0.3) is 33.2 Å². The fourth-order valence-electron chi connectivity index (χ4n) is 4.13. The highest BCUT2D eigenvalue weighted by atomic mass is 19.4. The lowest BCUT2D eigenvalue weighted by molar-refractivity contribution is -0.137. The van der Waals surface area contributed by atoms with E-state index in [-0.39, 0.29) is 39.7 Å². The Kier molecular flexibility index (Phi) is 4.56. The molecule has 13 heteroatoms. The predicted octanol–water partition coefficient (Wildman–Crippen LogP) is 4.42. The Morgan fingerprint density at radius 1 is 1.00 bits per heavy atom. The summed E-state index contributed by atoms with van der Waals surface area (Å²) >= 11 is 0. The molecular weight excluding hydrogens is 470 g/mol. The molecule has 9 nitrogen and oxygen atoms in total. The van der Waals surface area contributed by atoms with Gasteiger partial charge in [-0.2, -0.15) is 18.3 Å². The number of H-pyrrole nitrogens is 3. The average molecular weight is 485 g/mol. The van der Waals surface area contributed by atoms with Crippen LogP contribution in [0, 0.1) is 5.82 Å². The van der Waals surface area contributed by atoms with Crippen LogP contribution in [0.5, 0.6) is 5.75 Å².